The molecule has 1 fully saturated rings. The Morgan fingerprint density at radius 2 is 1.80 bits per heavy atom. The number of nitrogens with one attached hydrogen (secondary N) is 1. The summed E-state index contributed by atoms with van der Waals surface area (Å²) >= 11 is 0. The average molecular weight is 146 g/mol. The minimum absolute atomic E-state index is 0. The second-order valence-electron chi connectivity index (χ2n) is 2.20. The summed E-state index contributed by atoms with van der Waals surface area (Å²) in [6.07, 6.45) is 1.83. The van der Waals surface area contributed by atoms with Gasteiger partial charge in [-0.1, -0.05) is 0 Å². The van der Waals surface area contributed by atoms with E-state index in [9.17, 15) is 0 Å². The summed E-state index contributed by atoms with van der Waals surface area (Å²) in [7, 11) is 0. The Kier molecular flexibility index (Phi) is 6.91. The van der Waals surface area contributed by atoms with Crippen LogP contribution in [0.15, 0.2) is 0 Å². The Morgan fingerprint density at radius 1 is 1.40 bits per heavy atom. The lowest BCUT2D eigenvalue weighted by atomic mass is 10.1. The van der Waals surface area contributed by atoms with Crippen molar-refractivity contribution < 1.29 is 10.2 Å². The molecule has 0 spiro atoms. The summed E-state index contributed by atoms with van der Waals surface area (Å²) in [6, 6.07) is 0. The first kappa shape index (κ1) is 9.88. The Hall–Kier alpha value is -0.120. The van der Waals surface area contributed by atoms with Gasteiger partial charge in [-0.15, -0.1) is 0 Å². The summed E-state index contributed by atoms with van der Waals surface area (Å²) in [5.74, 6) is 0. The third-order valence-corrected chi connectivity index (χ3v) is 1.31. The first-order chi connectivity index (χ1) is 4.81. The molecule has 3 nitrogen and oxygen atoms in total. The lowest BCUT2D eigenvalue weighted by Gasteiger charge is -2.16. The Bertz CT molecular complexity index is 62.6. The van der Waals surface area contributed by atoms with Gasteiger partial charge in [-0.2, -0.15) is 0 Å². The summed E-state index contributed by atoms with van der Waals surface area (Å²) < 4.78 is 0. The number of hydrogen-bond donors (Lipinski definition) is 3. The molecule has 0 saturated carbocycles. The van der Waals surface area contributed by atoms with E-state index in [-0.39, 0.29) is 12.7 Å². The van der Waals surface area contributed by atoms with Gasteiger partial charge in [0, 0.05) is 6.61 Å². The minimum atomic E-state index is -0.0266. The molecule has 0 aromatic rings. The molecule has 1 saturated heterocycles. The fraction of sp³-hybridized carbons (Fsp3) is 0.857. The van der Waals surface area contributed by atoms with Crippen molar-refractivity contribution >= 4 is 0 Å². The molecule has 3 N–H and O–H groups in total. The molecule has 0 aromatic carbocycles. The van der Waals surface area contributed by atoms with Crippen LogP contribution in [0.2, 0.25) is 0 Å². The average Bonchev–Trinajstić information content (AvgIpc) is 1.91. The van der Waals surface area contributed by atoms with Gasteiger partial charge in [0.25, 0.3) is 0 Å². The summed E-state index contributed by atoms with van der Waals surface area (Å²) in [4.78, 5) is 0. The van der Waals surface area contributed by atoms with Gasteiger partial charge in [-0.25, -0.2) is 0 Å². The minimum Gasteiger partial charge on any atom is -0.396 e. The van der Waals surface area contributed by atoms with Crippen molar-refractivity contribution in [3.05, 3.63) is 6.92 Å². The number of aliphatic hydroxyl groups is 2. The largest absolute Gasteiger partial charge is 0.396 e. The molecule has 0 bridgehead atoms. The highest BCUT2D eigenvalue weighted by atomic mass is 16.3. The third-order valence-electron chi connectivity index (χ3n) is 1.31. The van der Waals surface area contributed by atoms with E-state index in [0.29, 0.717) is 0 Å². The molecular weight excluding hydrogens is 130 g/mol. The highest BCUT2D eigenvalue weighted by Crippen LogP contribution is 1.99. The number of piperidine rings is 1. The molecule has 61 valence electrons. The molecule has 0 amide bonds. The number of hydrogen-bond acceptors (Lipinski definition) is 3. The van der Waals surface area contributed by atoms with Gasteiger partial charge in [-0.05, 0) is 32.9 Å². The maximum absolute atomic E-state index is 8.87. The molecule has 1 rings (SSSR count). The first-order valence-electron chi connectivity index (χ1n) is 3.60. The van der Waals surface area contributed by atoms with E-state index in [4.69, 9.17) is 10.2 Å². The van der Waals surface area contributed by atoms with Crippen molar-refractivity contribution in [3.8, 4) is 0 Å². The predicted octanol–water partition coefficient (Wildman–Crippen LogP) is -0.457. The smallest absolute Gasteiger partial charge is 0.0564 e. The van der Waals surface area contributed by atoms with Crippen LogP contribution in [-0.4, -0.2) is 36.0 Å². The molecule has 1 radical (unpaired) electrons. The Labute approximate surface area is 62.1 Å². The fourth-order valence-electron chi connectivity index (χ4n) is 0.807. The van der Waals surface area contributed by atoms with Crippen molar-refractivity contribution in [2.75, 3.05) is 19.7 Å². The molecule has 0 atom stereocenters. The molecule has 3 heteroatoms. The van der Waals surface area contributed by atoms with Crippen LogP contribution in [0.1, 0.15) is 12.8 Å². The van der Waals surface area contributed by atoms with Gasteiger partial charge in [0.15, 0.2) is 0 Å². The quantitative estimate of drug-likeness (QED) is 0.433. The highest BCUT2D eigenvalue weighted by Gasteiger charge is 2.06. The van der Waals surface area contributed by atoms with Crippen LogP contribution in [0, 0.1) is 6.92 Å². The molecule has 0 aromatic heterocycles. The van der Waals surface area contributed by atoms with Crippen molar-refractivity contribution in [1.29, 1.82) is 0 Å². The molecular formula is C7H16NO2. The topological polar surface area (TPSA) is 52.5 Å². The maximum Gasteiger partial charge on any atom is 0.0564 e. The van der Waals surface area contributed by atoms with Crippen molar-refractivity contribution in [2.45, 2.75) is 18.9 Å². The Balaban J connectivity index is 0.000000236. The zero-order valence-corrected chi connectivity index (χ0v) is 6.21. The molecule has 0 unspecified atom stereocenters. The third kappa shape index (κ3) is 6.01. The monoisotopic (exact) mass is 146 g/mol. The molecule has 1 heterocycles. The van der Waals surface area contributed by atoms with Gasteiger partial charge in [-0.3, -0.25) is 0 Å². The molecule has 10 heavy (non-hydrogen) atoms. The van der Waals surface area contributed by atoms with Crippen molar-refractivity contribution in [1.82, 2.24) is 5.32 Å². The van der Waals surface area contributed by atoms with Gasteiger partial charge in [0.2, 0.25) is 0 Å². The summed E-state index contributed by atoms with van der Waals surface area (Å²) in [6.45, 7) is 5.02. The van der Waals surface area contributed by atoms with Gasteiger partial charge in [0.05, 0.1) is 6.10 Å². The van der Waals surface area contributed by atoms with Gasteiger partial charge in [0.1, 0.15) is 0 Å². The molecule has 0 aliphatic carbocycles. The van der Waals surface area contributed by atoms with Crippen LogP contribution in [-0.2, 0) is 0 Å². The molecule has 1 aliphatic rings. The maximum atomic E-state index is 8.87. The standard InChI is InChI=1S/C5H11NO.C2H5O/c7-5-1-3-6-4-2-5;1-2-3/h5-7H,1-4H2;3H,1-2H2. The normalized spacial score (nSPS) is 19.5. The van der Waals surface area contributed by atoms with E-state index in [2.05, 4.69) is 12.2 Å². The first-order valence-corrected chi connectivity index (χ1v) is 3.60. The lowest BCUT2D eigenvalue weighted by molar-refractivity contribution is 0.137. The van der Waals surface area contributed by atoms with Gasteiger partial charge >= 0.3 is 0 Å². The molecule has 1 aliphatic heterocycles. The second-order valence-corrected chi connectivity index (χ2v) is 2.20. The fourth-order valence-corrected chi connectivity index (χ4v) is 0.807. The summed E-state index contributed by atoms with van der Waals surface area (Å²) in [5, 5.41) is 19.5. The SMILES string of the molecule is OC1CCNCC1.[CH2]CO. The van der Waals surface area contributed by atoms with E-state index in [0.717, 1.165) is 25.9 Å². The van der Waals surface area contributed by atoms with Crippen LogP contribution in [0.4, 0.5) is 0 Å². The summed E-state index contributed by atoms with van der Waals surface area (Å²) in [5.41, 5.74) is 0. The number of aliphatic hydroxyl groups excluding tert-OH is 2. The van der Waals surface area contributed by atoms with Crippen LogP contribution < -0.4 is 5.32 Å². The van der Waals surface area contributed by atoms with E-state index < -0.39 is 0 Å². The van der Waals surface area contributed by atoms with E-state index in [1.807, 2.05) is 0 Å². The van der Waals surface area contributed by atoms with Crippen LogP contribution in [0.3, 0.4) is 0 Å². The predicted molar refractivity (Wildman–Crippen MR) is 40.6 cm³/mol. The zero-order chi connectivity index (χ0) is 7.82. The highest BCUT2D eigenvalue weighted by molar-refractivity contribution is 4.65. The van der Waals surface area contributed by atoms with Crippen LogP contribution in [0.25, 0.3) is 0 Å². The lowest BCUT2D eigenvalue weighted by Crippen LogP contribution is -2.30. The van der Waals surface area contributed by atoms with E-state index >= 15 is 0 Å². The van der Waals surface area contributed by atoms with Gasteiger partial charge < -0.3 is 15.5 Å². The second kappa shape index (κ2) is 6.99. The van der Waals surface area contributed by atoms with E-state index in [1.165, 1.54) is 0 Å². The van der Waals surface area contributed by atoms with Crippen LogP contribution >= 0.6 is 0 Å². The number of rotatable bonds is 0. The Morgan fingerprint density at radius 3 is 2.00 bits per heavy atom. The van der Waals surface area contributed by atoms with Crippen molar-refractivity contribution in [3.63, 3.8) is 0 Å². The van der Waals surface area contributed by atoms with Crippen molar-refractivity contribution in [2.24, 2.45) is 0 Å². The van der Waals surface area contributed by atoms with E-state index in [1.54, 1.807) is 0 Å². The zero-order valence-electron chi connectivity index (χ0n) is 6.21. The van der Waals surface area contributed by atoms with Crippen LogP contribution in [0.5, 0.6) is 0 Å².